The summed E-state index contributed by atoms with van der Waals surface area (Å²) in [7, 11) is 0. The quantitative estimate of drug-likeness (QED) is 0.701. The SMILES string of the molecule is O=C1CSc2nnc(CNF)cc2N1. The molecule has 2 rings (SSSR count). The second kappa shape index (κ2) is 3.89. The minimum Gasteiger partial charge on any atom is -0.323 e. The minimum atomic E-state index is -0.0744. The molecule has 0 fully saturated rings. The number of hydrogen-bond donors (Lipinski definition) is 2. The van der Waals surface area contributed by atoms with E-state index in [-0.39, 0.29) is 12.5 Å². The Labute approximate surface area is 83.4 Å². The summed E-state index contributed by atoms with van der Waals surface area (Å²) < 4.78 is 11.8. The number of halogens is 1. The third-order valence-corrected chi connectivity index (χ3v) is 2.65. The lowest BCUT2D eigenvalue weighted by Gasteiger charge is -2.14. The molecule has 74 valence electrons. The summed E-state index contributed by atoms with van der Waals surface area (Å²) in [4.78, 5) is 11.0. The smallest absolute Gasteiger partial charge is 0.234 e. The summed E-state index contributed by atoms with van der Waals surface area (Å²) in [6.07, 6.45) is 0. The Morgan fingerprint density at radius 2 is 2.50 bits per heavy atom. The highest BCUT2D eigenvalue weighted by Crippen LogP contribution is 2.28. The van der Waals surface area contributed by atoms with Crippen LogP contribution in [-0.4, -0.2) is 21.9 Å². The maximum absolute atomic E-state index is 11.8. The third kappa shape index (κ3) is 1.83. The molecule has 0 spiro atoms. The number of thioether (sulfide) groups is 1. The molecule has 1 aliphatic rings. The Morgan fingerprint density at radius 3 is 3.29 bits per heavy atom. The molecule has 0 bridgehead atoms. The first-order valence-electron chi connectivity index (χ1n) is 3.92. The van der Waals surface area contributed by atoms with Gasteiger partial charge in [-0.25, -0.2) is 0 Å². The van der Waals surface area contributed by atoms with E-state index >= 15 is 0 Å². The van der Waals surface area contributed by atoms with Gasteiger partial charge in [-0.3, -0.25) is 4.79 Å². The predicted octanol–water partition coefficient (Wildman–Crippen LogP) is 0.495. The van der Waals surface area contributed by atoms with Gasteiger partial charge in [0.05, 0.1) is 23.7 Å². The van der Waals surface area contributed by atoms with Gasteiger partial charge in [-0.05, 0) is 6.07 Å². The second-order valence-electron chi connectivity index (χ2n) is 2.70. The fraction of sp³-hybridized carbons (Fsp3) is 0.286. The first-order valence-corrected chi connectivity index (χ1v) is 4.91. The van der Waals surface area contributed by atoms with E-state index in [4.69, 9.17) is 0 Å². The van der Waals surface area contributed by atoms with Gasteiger partial charge in [-0.1, -0.05) is 11.8 Å². The number of amides is 1. The Hall–Kier alpha value is -1.21. The largest absolute Gasteiger partial charge is 0.323 e. The summed E-state index contributed by atoms with van der Waals surface area (Å²) in [6.45, 7) is -0.0131. The van der Waals surface area contributed by atoms with Gasteiger partial charge < -0.3 is 5.32 Å². The predicted molar refractivity (Wildman–Crippen MR) is 49.3 cm³/mol. The molecule has 1 aromatic heterocycles. The van der Waals surface area contributed by atoms with Crippen LogP contribution in [0.25, 0.3) is 0 Å². The maximum Gasteiger partial charge on any atom is 0.234 e. The van der Waals surface area contributed by atoms with Crippen LogP contribution >= 0.6 is 11.8 Å². The van der Waals surface area contributed by atoms with Gasteiger partial charge >= 0.3 is 0 Å². The molecule has 1 aliphatic heterocycles. The van der Waals surface area contributed by atoms with Crippen molar-refractivity contribution in [2.24, 2.45) is 0 Å². The average Bonchev–Trinajstić information content (AvgIpc) is 2.17. The minimum absolute atomic E-state index is 0.0131. The fourth-order valence-corrected chi connectivity index (χ4v) is 1.80. The topological polar surface area (TPSA) is 66.9 Å². The second-order valence-corrected chi connectivity index (χ2v) is 3.67. The number of carbonyl (C=O) groups excluding carboxylic acids is 1. The van der Waals surface area contributed by atoms with E-state index in [1.807, 2.05) is 0 Å². The molecule has 5 nitrogen and oxygen atoms in total. The number of rotatable bonds is 2. The van der Waals surface area contributed by atoms with Crippen molar-refractivity contribution < 1.29 is 9.28 Å². The molecule has 1 aromatic rings. The van der Waals surface area contributed by atoms with Crippen molar-refractivity contribution in [3.05, 3.63) is 11.8 Å². The lowest BCUT2D eigenvalue weighted by molar-refractivity contribution is -0.113. The van der Waals surface area contributed by atoms with Crippen molar-refractivity contribution in [1.29, 1.82) is 0 Å². The zero-order valence-corrected chi connectivity index (χ0v) is 7.90. The van der Waals surface area contributed by atoms with Gasteiger partial charge in [0, 0.05) is 0 Å². The van der Waals surface area contributed by atoms with E-state index in [0.29, 0.717) is 22.2 Å². The van der Waals surface area contributed by atoms with Crippen LogP contribution < -0.4 is 10.9 Å². The molecule has 0 atom stereocenters. The van der Waals surface area contributed by atoms with Crippen LogP contribution in [0.3, 0.4) is 0 Å². The van der Waals surface area contributed by atoms with Crippen LogP contribution in [0.2, 0.25) is 0 Å². The van der Waals surface area contributed by atoms with E-state index in [1.54, 1.807) is 6.07 Å². The normalized spacial score (nSPS) is 14.8. The first kappa shape index (κ1) is 9.35. The Bertz CT molecular complexity index is 373. The summed E-state index contributed by atoms with van der Waals surface area (Å²) in [5.74, 6) is 0.275. The zero-order chi connectivity index (χ0) is 9.97. The molecule has 14 heavy (non-hydrogen) atoms. The van der Waals surface area contributed by atoms with Crippen molar-refractivity contribution in [3.8, 4) is 0 Å². The number of anilines is 1. The molecule has 0 aromatic carbocycles. The fourth-order valence-electron chi connectivity index (χ4n) is 1.09. The van der Waals surface area contributed by atoms with Crippen molar-refractivity contribution in [3.63, 3.8) is 0 Å². The molecule has 0 saturated heterocycles. The number of fused-ring (bicyclic) bond motifs is 1. The van der Waals surface area contributed by atoms with E-state index in [9.17, 15) is 9.28 Å². The highest BCUT2D eigenvalue weighted by atomic mass is 32.2. The molecule has 2 N–H and O–H groups in total. The lowest BCUT2D eigenvalue weighted by Crippen LogP contribution is -2.20. The Morgan fingerprint density at radius 1 is 1.64 bits per heavy atom. The van der Waals surface area contributed by atoms with Crippen LogP contribution in [-0.2, 0) is 11.3 Å². The average molecular weight is 214 g/mol. The van der Waals surface area contributed by atoms with Crippen LogP contribution in [0.5, 0.6) is 0 Å². The summed E-state index contributed by atoms with van der Waals surface area (Å²) >= 11 is 1.32. The highest BCUT2D eigenvalue weighted by molar-refractivity contribution is 8.00. The summed E-state index contributed by atoms with van der Waals surface area (Å²) in [5, 5.41) is 11.0. The monoisotopic (exact) mass is 214 g/mol. The summed E-state index contributed by atoms with van der Waals surface area (Å²) in [5.41, 5.74) is 2.54. The van der Waals surface area contributed by atoms with Crippen LogP contribution in [0.4, 0.5) is 10.2 Å². The van der Waals surface area contributed by atoms with E-state index < -0.39 is 0 Å². The van der Waals surface area contributed by atoms with E-state index in [1.165, 1.54) is 17.3 Å². The Balaban J connectivity index is 2.28. The molecular formula is C7H7FN4OS. The van der Waals surface area contributed by atoms with Crippen LogP contribution in [0.15, 0.2) is 11.1 Å². The van der Waals surface area contributed by atoms with E-state index in [2.05, 4.69) is 15.5 Å². The molecule has 0 radical (unpaired) electrons. The maximum atomic E-state index is 11.8. The van der Waals surface area contributed by atoms with Crippen LogP contribution in [0.1, 0.15) is 5.69 Å². The summed E-state index contributed by atoms with van der Waals surface area (Å²) in [6, 6.07) is 1.61. The van der Waals surface area contributed by atoms with Gasteiger partial charge in [0.15, 0.2) is 0 Å². The number of aromatic nitrogens is 2. The van der Waals surface area contributed by atoms with Gasteiger partial charge in [0.25, 0.3) is 0 Å². The molecule has 2 heterocycles. The molecule has 7 heteroatoms. The van der Waals surface area contributed by atoms with Crippen LogP contribution in [0, 0.1) is 0 Å². The van der Waals surface area contributed by atoms with Gasteiger partial charge in [-0.15, -0.1) is 9.58 Å². The van der Waals surface area contributed by atoms with Crippen molar-refractivity contribution in [2.75, 3.05) is 11.1 Å². The molecule has 0 unspecified atom stereocenters. The number of nitrogens with zero attached hydrogens (tertiary/aromatic N) is 2. The van der Waals surface area contributed by atoms with Gasteiger partial charge in [0.2, 0.25) is 5.91 Å². The van der Waals surface area contributed by atoms with E-state index in [0.717, 1.165) is 0 Å². The number of nitrogens with one attached hydrogen (secondary N) is 2. The lowest BCUT2D eigenvalue weighted by atomic mass is 10.3. The van der Waals surface area contributed by atoms with Gasteiger partial charge in [-0.2, -0.15) is 10.6 Å². The molecule has 0 aliphatic carbocycles. The third-order valence-electron chi connectivity index (χ3n) is 1.67. The zero-order valence-electron chi connectivity index (χ0n) is 7.08. The van der Waals surface area contributed by atoms with Crippen molar-refractivity contribution >= 4 is 23.4 Å². The molecule has 0 saturated carbocycles. The first-order chi connectivity index (χ1) is 6.79. The standard InChI is InChI=1S/C7H7FN4OS/c8-9-2-4-1-5-7(12-11-4)14-3-6(13)10-5/h1,9H,2-3H2,(H,10,13). The molecule has 1 amide bonds. The Kier molecular flexibility index (Phi) is 2.60. The van der Waals surface area contributed by atoms with Crippen molar-refractivity contribution in [2.45, 2.75) is 11.6 Å². The van der Waals surface area contributed by atoms with Crippen molar-refractivity contribution in [1.82, 2.24) is 15.7 Å². The highest BCUT2D eigenvalue weighted by Gasteiger charge is 2.17. The molecular weight excluding hydrogens is 207 g/mol. The van der Waals surface area contributed by atoms with Gasteiger partial charge in [0.1, 0.15) is 5.03 Å². The number of carbonyl (C=O) groups is 1. The number of hydrogen-bond acceptors (Lipinski definition) is 5.